The summed E-state index contributed by atoms with van der Waals surface area (Å²) in [5.74, 6) is 2.70. The minimum atomic E-state index is -0.191. The lowest BCUT2D eigenvalue weighted by atomic mass is 10.1. The highest BCUT2D eigenvalue weighted by Gasteiger charge is 2.12. The van der Waals surface area contributed by atoms with Crippen LogP contribution in [0.3, 0.4) is 0 Å². The van der Waals surface area contributed by atoms with Gasteiger partial charge in [-0.3, -0.25) is 0 Å². The molecule has 2 atom stereocenters. The van der Waals surface area contributed by atoms with E-state index >= 15 is 0 Å². The van der Waals surface area contributed by atoms with Crippen LogP contribution in [0.2, 0.25) is 0 Å². The van der Waals surface area contributed by atoms with Crippen LogP contribution < -0.4 is 21.3 Å². The zero-order chi connectivity index (χ0) is 38.5. The lowest BCUT2D eigenvalue weighted by Gasteiger charge is -2.14. The van der Waals surface area contributed by atoms with Gasteiger partial charge in [-0.2, -0.15) is 0 Å². The first-order chi connectivity index (χ1) is 26.0. The molecule has 6 aromatic rings. The van der Waals surface area contributed by atoms with Crippen molar-refractivity contribution < 1.29 is 8.78 Å². The van der Waals surface area contributed by atoms with Crippen LogP contribution in [0, 0.1) is 23.5 Å². The van der Waals surface area contributed by atoms with E-state index in [0.29, 0.717) is 11.8 Å². The first-order valence-corrected chi connectivity index (χ1v) is 20.6. The van der Waals surface area contributed by atoms with Gasteiger partial charge >= 0.3 is 0 Å². The average molecular weight is 846 g/mol. The number of benzene rings is 2. The minimum Gasteiger partial charge on any atom is -0.369 e. The smallest absolute Gasteiger partial charge is 0.138 e. The normalized spacial score (nSPS) is 12.2. The van der Waals surface area contributed by atoms with E-state index in [-0.39, 0.29) is 48.5 Å². The maximum atomic E-state index is 13.3. The van der Waals surface area contributed by atoms with Gasteiger partial charge in [0.05, 0.1) is 10.8 Å². The largest absolute Gasteiger partial charge is 0.369 e. The molecule has 0 spiro atoms. The van der Waals surface area contributed by atoms with E-state index in [1.54, 1.807) is 59.6 Å². The summed E-state index contributed by atoms with van der Waals surface area (Å²) in [7, 11) is 0. The third-order valence-corrected chi connectivity index (χ3v) is 11.0. The Morgan fingerprint density at radius 3 is 1.34 bits per heavy atom. The molecule has 4 N–H and O–H groups in total. The van der Waals surface area contributed by atoms with Crippen molar-refractivity contribution in [2.45, 2.75) is 79.3 Å². The Kier molecular flexibility index (Phi) is 19.8. The Morgan fingerprint density at radius 2 is 0.964 bits per heavy atom. The number of anilines is 2. The minimum absolute atomic E-state index is 0. The summed E-state index contributed by atoms with van der Waals surface area (Å²) >= 11 is 3.50. The van der Waals surface area contributed by atoms with Crippen LogP contribution in [-0.2, 0) is 12.8 Å². The van der Waals surface area contributed by atoms with Gasteiger partial charge in [0.1, 0.15) is 45.6 Å². The van der Waals surface area contributed by atoms with Crippen LogP contribution in [-0.4, -0.2) is 46.1 Å². The topological polar surface area (TPSA) is 99.7 Å². The van der Waals surface area contributed by atoms with Gasteiger partial charge in [-0.1, -0.05) is 52.0 Å². The van der Waals surface area contributed by atoms with Crippen LogP contribution in [0.25, 0.3) is 20.4 Å². The van der Waals surface area contributed by atoms with Crippen LogP contribution in [0.5, 0.6) is 0 Å². The van der Waals surface area contributed by atoms with Crippen LogP contribution in [0.15, 0.2) is 73.3 Å². The van der Waals surface area contributed by atoms with Crippen molar-refractivity contribution in [1.29, 1.82) is 0 Å². The van der Waals surface area contributed by atoms with Gasteiger partial charge in [-0.15, -0.1) is 47.5 Å². The Balaban J connectivity index is 0.000000290. The Bertz CT molecular complexity index is 1910. The molecule has 0 saturated carbocycles. The Hall–Kier alpha value is -3.52. The Morgan fingerprint density at radius 1 is 0.554 bits per heavy atom. The van der Waals surface area contributed by atoms with Crippen molar-refractivity contribution in [3.8, 4) is 0 Å². The molecule has 0 aliphatic carbocycles. The van der Waals surface area contributed by atoms with Crippen LogP contribution in [0.4, 0.5) is 20.4 Å². The molecule has 56 heavy (non-hydrogen) atoms. The van der Waals surface area contributed by atoms with Crippen molar-refractivity contribution in [2.75, 3.05) is 36.8 Å². The summed E-state index contributed by atoms with van der Waals surface area (Å²) in [5, 5.41) is 16.0. The second kappa shape index (κ2) is 23.6. The summed E-state index contributed by atoms with van der Waals surface area (Å²) in [6.45, 7) is 16.4. The summed E-state index contributed by atoms with van der Waals surface area (Å²) in [6, 6.07) is 18.2. The highest BCUT2D eigenvalue weighted by atomic mass is 35.5. The van der Waals surface area contributed by atoms with Crippen molar-refractivity contribution in [3.05, 3.63) is 106 Å². The third-order valence-electron chi connectivity index (χ3n) is 8.87. The van der Waals surface area contributed by atoms with Crippen molar-refractivity contribution >= 4 is 79.6 Å². The Labute approximate surface area is 351 Å². The molecule has 14 heteroatoms. The number of aromatic nitrogens is 4. The van der Waals surface area contributed by atoms with Gasteiger partial charge in [-0.05, 0) is 112 Å². The van der Waals surface area contributed by atoms with E-state index < -0.39 is 0 Å². The second-order valence-corrected chi connectivity index (χ2v) is 16.8. The van der Waals surface area contributed by atoms with E-state index in [4.69, 9.17) is 0 Å². The molecule has 0 radical (unpaired) electrons. The summed E-state index contributed by atoms with van der Waals surface area (Å²) in [6.07, 6.45) is 7.31. The monoisotopic (exact) mass is 844 g/mol. The lowest BCUT2D eigenvalue weighted by molar-refractivity contribution is 0.557. The molecule has 0 aliphatic heterocycles. The van der Waals surface area contributed by atoms with Gasteiger partial charge in [-0.25, -0.2) is 28.7 Å². The van der Waals surface area contributed by atoms with E-state index in [0.717, 1.165) is 95.1 Å². The lowest BCUT2D eigenvalue weighted by Crippen LogP contribution is -2.22. The number of nitrogens with zero attached hydrogens (tertiary/aromatic N) is 4. The molecule has 0 amide bonds. The zero-order valence-electron chi connectivity index (χ0n) is 33.1. The highest BCUT2D eigenvalue weighted by molar-refractivity contribution is 7.19. The number of nitrogens with one attached hydrogen (secondary N) is 4. The predicted octanol–water partition coefficient (Wildman–Crippen LogP) is 11.2. The fourth-order valence-corrected chi connectivity index (χ4v) is 8.53. The zero-order valence-corrected chi connectivity index (χ0v) is 36.3. The molecule has 2 aromatic carbocycles. The molecule has 2 unspecified atom stereocenters. The quantitative estimate of drug-likeness (QED) is 0.0635. The van der Waals surface area contributed by atoms with Crippen molar-refractivity contribution in [3.63, 3.8) is 0 Å². The van der Waals surface area contributed by atoms with Gasteiger partial charge in [0, 0.05) is 34.9 Å². The van der Waals surface area contributed by atoms with E-state index in [1.165, 1.54) is 21.9 Å². The number of thiophene rings is 2. The molecular formula is C42H56Cl2F2N8S2. The highest BCUT2D eigenvalue weighted by Crippen LogP contribution is 2.31. The van der Waals surface area contributed by atoms with Gasteiger partial charge < -0.3 is 21.3 Å². The van der Waals surface area contributed by atoms with Gasteiger partial charge in [0.15, 0.2) is 0 Å². The number of fused-ring (bicyclic) bond motifs is 2. The molecule has 0 bridgehead atoms. The predicted molar refractivity (Wildman–Crippen MR) is 238 cm³/mol. The third kappa shape index (κ3) is 14.5. The fourth-order valence-electron chi connectivity index (χ4n) is 6.11. The van der Waals surface area contributed by atoms with Crippen molar-refractivity contribution in [1.82, 2.24) is 30.6 Å². The van der Waals surface area contributed by atoms with E-state index in [2.05, 4.69) is 94.9 Å². The standard InChI is InChI=1S/2C21H27FN4S.2ClH/c2*1-14(2)10-18-12-19-20(25-13-26-21(19)27-18)24-9-5-8-23-15(3)16-6-4-7-17(22)11-16;;/h2*4,6-7,11-15,23H,5,8-10H2,1-3H3,(H,24,25,26);2*1H. The number of halogens is 4. The summed E-state index contributed by atoms with van der Waals surface area (Å²) < 4.78 is 26.6. The van der Waals surface area contributed by atoms with Gasteiger partial charge in [0.25, 0.3) is 0 Å². The van der Waals surface area contributed by atoms with E-state index in [1.807, 2.05) is 12.1 Å². The van der Waals surface area contributed by atoms with Crippen LogP contribution in [0.1, 0.15) is 87.3 Å². The number of hydrogen-bond acceptors (Lipinski definition) is 10. The molecule has 0 aliphatic rings. The molecule has 4 heterocycles. The maximum Gasteiger partial charge on any atom is 0.138 e. The van der Waals surface area contributed by atoms with Crippen LogP contribution >= 0.6 is 47.5 Å². The molecule has 0 saturated heterocycles. The number of hydrogen-bond donors (Lipinski definition) is 4. The molecule has 304 valence electrons. The molecule has 4 aromatic heterocycles. The first kappa shape index (κ1) is 46.9. The van der Waals surface area contributed by atoms with E-state index in [9.17, 15) is 8.78 Å². The SMILES string of the molecule is CC(C)Cc1cc2c(NCCCNC(C)c3cccc(F)c3)ncnc2s1.CC(C)Cc1cc2c(NCCCNC(C)c3cccc(F)c3)ncnc2s1.Cl.Cl. The van der Waals surface area contributed by atoms with Gasteiger partial charge in [0.2, 0.25) is 0 Å². The molecular weight excluding hydrogens is 790 g/mol. The summed E-state index contributed by atoms with van der Waals surface area (Å²) in [5.41, 5.74) is 1.94. The second-order valence-electron chi connectivity index (χ2n) is 14.5. The maximum absolute atomic E-state index is 13.3. The van der Waals surface area contributed by atoms with Crippen molar-refractivity contribution in [2.24, 2.45) is 11.8 Å². The number of rotatable bonds is 18. The fraction of sp³-hybridized carbons (Fsp3) is 0.429. The summed E-state index contributed by atoms with van der Waals surface area (Å²) in [4.78, 5) is 22.4. The average Bonchev–Trinajstić information content (AvgIpc) is 3.74. The molecule has 6 rings (SSSR count). The molecule has 8 nitrogen and oxygen atoms in total. The first-order valence-electron chi connectivity index (χ1n) is 19.0. The molecule has 0 fully saturated rings.